The largest absolute Gasteiger partial charge is 0.507 e. The highest BCUT2D eigenvalue weighted by Gasteiger charge is 2.28. The minimum atomic E-state index is 0.326. The Morgan fingerprint density at radius 1 is 1.33 bits per heavy atom. The summed E-state index contributed by atoms with van der Waals surface area (Å²) in [6, 6.07) is 2.23. The van der Waals surface area contributed by atoms with Gasteiger partial charge in [-0.2, -0.15) is 12.6 Å². The number of rotatable bonds is 2. The molecular formula is C15H21NOS. The van der Waals surface area contributed by atoms with Gasteiger partial charge in [0.25, 0.3) is 0 Å². The van der Waals surface area contributed by atoms with Crippen LogP contribution in [0.4, 0.5) is 5.69 Å². The first-order chi connectivity index (χ1) is 8.72. The van der Waals surface area contributed by atoms with E-state index in [1.165, 1.54) is 29.7 Å². The van der Waals surface area contributed by atoms with Crippen LogP contribution >= 0.6 is 12.6 Å². The molecule has 3 heteroatoms. The first-order valence-corrected chi connectivity index (χ1v) is 7.59. The van der Waals surface area contributed by atoms with Gasteiger partial charge in [-0.15, -0.1) is 0 Å². The average Bonchev–Trinajstić information content (AvgIpc) is 2.42. The highest BCUT2D eigenvalue weighted by Crippen LogP contribution is 2.43. The van der Waals surface area contributed by atoms with Crippen LogP contribution in [0.5, 0.6) is 5.75 Å². The maximum atomic E-state index is 10.5. The number of aromatic hydroxyl groups is 1. The molecule has 0 saturated heterocycles. The molecule has 2 nitrogen and oxygen atoms in total. The second-order valence-electron chi connectivity index (χ2n) is 5.58. The van der Waals surface area contributed by atoms with E-state index in [0.29, 0.717) is 11.7 Å². The van der Waals surface area contributed by atoms with E-state index in [2.05, 4.69) is 30.5 Å². The van der Waals surface area contributed by atoms with Gasteiger partial charge in [-0.1, -0.05) is 6.92 Å². The van der Waals surface area contributed by atoms with Crippen LogP contribution < -0.4 is 4.90 Å². The highest BCUT2D eigenvalue weighted by molar-refractivity contribution is 7.80. The van der Waals surface area contributed by atoms with E-state index in [9.17, 15) is 5.11 Å². The Balaban J connectivity index is 2.17. The lowest BCUT2D eigenvalue weighted by Crippen LogP contribution is -2.34. The summed E-state index contributed by atoms with van der Waals surface area (Å²) in [6.45, 7) is 4.45. The number of thiol groups is 1. The van der Waals surface area contributed by atoms with E-state index >= 15 is 0 Å². The molecule has 1 aromatic carbocycles. The Bertz CT molecular complexity index is 470. The molecule has 18 heavy (non-hydrogen) atoms. The van der Waals surface area contributed by atoms with Gasteiger partial charge < -0.3 is 10.0 Å². The van der Waals surface area contributed by atoms with Gasteiger partial charge in [0.1, 0.15) is 5.75 Å². The minimum Gasteiger partial charge on any atom is -0.507 e. The van der Waals surface area contributed by atoms with Crippen molar-refractivity contribution in [3.63, 3.8) is 0 Å². The molecule has 0 spiro atoms. The van der Waals surface area contributed by atoms with Crippen molar-refractivity contribution >= 4 is 18.3 Å². The third-order valence-electron chi connectivity index (χ3n) is 4.33. The van der Waals surface area contributed by atoms with Crippen LogP contribution in [0.1, 0.15) is 42.4 Å². The highest BCUT2D eigenvalue weighted by atomic mass is 32.1. The zero-order valence-electron chi connectivity index (χ0n) is 10.9. The molecular weight excluding hydrogens is 242 g/mol. The fourth-order valence-electron chi connectivity index (χ4n) is 3.34. The van der Waals surface area contributed by atoms with Crippen LogP contribution in [0.25, 0.3) is 0 Å². The Morgan fingerprint density at radius 3 is 2.78 bits per heavy atom. The fraction of sp³-hybridized carbons (Fsp3) is 0.600. The summed E-state index contributed by atoms with van der Waals surface area (Å²) in [5.74, 6) is 1.66. The molecule has 0 amide bonds. The van der Waals surface area contributed by atoms with Crippen molar-refractivity contribution < 1.29 is 5.11 Å². The molecule has 0 aliphatic carbocycles. The topological polar surface area (TPSA) is 23.5 Å². The van der Waals surface area contributed by atoms with Gasteiger partial charge in [0, 0.05) is 24.3 Å². The van der Waals surface area contributed by atoms with Crippen LogP contribution in [0.15, 0.2) is 6.07 Å². The quantitative estimate of drug-likeness (QED) is 0.801. The Kier molecular flexibility index (Phi) is 3.18. The number of anilines is 1. The fourth-order valence-corrected chi connectivity index (χ4v) is 3.54. The van der Waals surface area contributed by atoms with Gasteiger partial charge in [0.15, 0.2) is 0 Å². The van der Waals surface area contributed by atoms with Gasteiger partial charge in [-0.3, -0.25) is 0 Å². The molecule has 0 fully saturated rings. The van der Waals surface area contributed by atoms with Crippen molar-refractivity contribution in [3.8, 4) is 5.75 Å². The number of hydrogen-bond donors (Lipinski definition) is 2. The summed E-state index contributed by atoms with van der Waals surface area (Å²) in [5.41, 5.74) is 5.09. The summed E-state index contributed by atoms with van der Waals surface area (Å²) < 4.78 is 0. The van der Waals surface area contributed by atoms with Crippen molar-refractivity contribution in [2.24, 2.45) is 0 Å². The zero-order valence-corrected chi connectivity index (χ0v) is 11.8. The van der Waals surface area contributed by atoms with Crippen LogP contribution in [0.2, 0.25) is 0 Å². The van der Waals surface area contributed by atoms with Gasteiger partial charge in [0.2, 0.25) is 0 Å². The number of hydrogen-bond acceptors (Lipinski definition) is 3. The lowest BCUT2D eigenvalue weighted by atomic mass is 9.86. The summed E-state index contributed by atoms with van der Waals surface area (Å²) in [5, 5.41) is 10.5. The van der Waals surface area contributed by atoms with Crippen LogP contribution in [-0.4, -0.2) is 23.9 Å². The Morgan fingerprint density at radius 2 is 2.06 bits per heavy atom. The maximum absolute atomic E-state index is 10.5. The Hall–Kier alpha value is -0.830. The molecule has 0 saturated carbocycles. The second kappa shape index (κ2) is 4.69. The first-order valence-electron chi connectivity index (χ1n) is 6.95. The van der Waals surface area contributed by atoms with E-state index in [0.717, 1.165) is 37.2 Å². The molecule has 0 radical (unpaired) electrons. The number of phenols is 1. The number of benzene rings is 1. The molecule has 2 heterocycles. The summed E-state index contributed by atoms with van der Waals surface area (Å²) >= 11 is 4.37. The molecule has 1 unspecified atom stereocenters. The van der Waals surface area contributed by atoms with Gasteiger partial charge in [0.05, 0.1) is 0 Å². The smallest absolute Gasteiger partial charge is 0.124 e. The SMILES string of the molecule is CC(CS)c1cc2c3c(c1O)CCCN3CCC2. The van der Waals surface area contributed by atoms with Crippen LogP contribution in [-0.2, 0) is 12.8 Å². The first kappa shape index (κ1) is 12.2. The van der Waals surface area contributed by atoms with E-state index in [1.54, 1.807) is 0 Å². The normalized spacial score (nSPS) is 19.6. The maximum Gasteiger partial charge on any atom is 0.124 e. The van der Waals surface area contributed by atoms with Crippen molar-refractivity contribution in [1.82, 2.24) is 0 Å². The van der Waals surface area contributed by atoms with Crippen molar-refractivity contribution in [2.45, 2.75) is 38.5 Å². The summed E-state index contributed by atoms with van der Waals surface area (Å²) in [4.78, 5) is 2.46. The standard InChI is InChI=1S/C15H21NOS/c1-10(9-18)13-8-11-4-2-6-16-7-3-5-12(14(11)16)15(13)17/h8,10,17-18H,2-7,9H2,1H3. The number of nitrogens with zero attached hydrogens (tertiary/aromatic N) is 1. The lowest BCUT2D eigenvalue weighted by molar-refractivity contribution is 0.452. The molecule has 1 aromatic rings. The average molecular weight is 263 g/mol. The molecule has 3 rings (SSSR count). The molecule has 0 aromatic heterocycles. The van der Waals surface area contributed by atoms with Crippen molar-refractivity contribution in [2.75, 3.05) is 23.7 Å². The monoisotopic (exact) mass is 263 g/mol. The molecule has 2 aliphatic rings. The molecule has 2 aliphatic heterocycles. The second-order valence-corrected chi connectivity index (χ2v) is 5.94. The predicted molar refractivity (Wildman–Crippen MR) is 79.2 cm³/mol. The predicted octanol–water partition coefficient (Wildman–Crippen LogP) is 3.12. The van der Waals surface area contributed by atoms with Crippen molar-refractivity contribution in [3.05, 3.63) is 22.8 Å². The van der Waals surface area contributed by atoms with Gasteiger partial charge in [-0.25, -0.2) is 0 Å². The summed E-state index contributed by atoms with van der Waals surface area (Å²) in [7, 11) is 0. The van der Waals surface area contributed by atoms with E-state index in [4.69, 9.17) is 0 Å². The zero-order chi connectivity index (χ0) is 12.7. The number of phenolic OH excluding ortho intramolecular Hbond substituents is 1. The van der Waals surface area contributed by atoms with Crippen LogP contribution in [0.3, 0.4) is 0 Å². The van der Waals surface area contributed by atoms with Gasteiger partial charge >= 0.3 is 0 Å². The molecule has 98 valence electrons. The molecule has 1 N–H and O–H groups in total. The van der Waals surface area contributed by atoms with E-state index < -0.39 is 0 Å². The lowest BCUT2D eigenvalue weighted by Gasteiger charge is -2.38. The van der Waals surface area contributed by atoms with Crippen molar-refractivity contribution in [1.29, 1.82) is 0 Å². The minimum absolute atomic E-state index is 0.326. The third-order valence-corrected chi connectivity index (χ3v) is 4.88. The van der Waals surface area contributed by atoms with E-state index in [1.807, 2.05) is 0 Å². The molecule has 0 bridgehead atoms. The third kappa shape index (κ3) is 1.80. The van der Waals surface area contributed by atoms with Gasteiger partial charge in [-0.05, 0) is 54.5 Å². The Labute approximate surface area is 114 Å². The van der Waals surface area contributed by atoms with Crippen LogP contribution in [0, 0.1) is 0 Å². The summed E-state index contributed by atoms with van der Waals surface area (Å²) in [6.07, 6.45) is 4.59. The molecule has 1 atom stereocenters. The number of aryl methyl sites for hydroxylation is 1. The van der Waals surface area contributed by atoms with E-state index in [-0.39, 0.29) is 0 Å².